The van der Waals surface area contributed by atoms with E-state index in [2.05, 4.69) is 0 Å². The van der Waals surface area contributed by atoms with Gasteiger partial charge >= 0.3 is 0 Å². The summed E-state index contributed by atoms with van der Waals surface area (Å²) in [5.74, 6) is -0.0603. The Morgan fingerprint density at radius 1 is 0.852 bits per heavy atom. The average Bonchev–Trinajstić information content (AvgIpc) is 3.42. The number of furan rings is 2. The lowest BCUT2D eigenvalue weighted by Crippen LogP contribution is -2.06. The summed E-state index contributed by atoms with van der Waals surface area (Å²) >= 11 is 0. The number of ether oxygens (including phenoxy) is 1. The first-order chi connectivity index (χ1) is 13.3. The molecule has 0 radical (unpaired) electrons. The van der Waals surface area contributed by atoms with E-state index in [9.17, 15) is 9.59 Å². The second-order valence-corrected chi connectivity index (χ2v) is 5.80. The first kappa shape index (κ1) is 16.6. The molecule has 2 aromatic heterocycles. The zero-order valence-electron chi connectivity index (χ0n) is 14.1. The normalized spacial score (nSPS) is 10.5. The lowest BCUT2D eigenvalue weighted by molar-refractivity contribution is -0.120. The smallest absolute Gasteiger partial charge is 0.298 e. The third-order valence-corrected chi connectivity index (χ3v) is 4.25. The van der Waals surface area contributed by atoms with Gasteiger partial charge in [-0.2, -0.15) is 0 Å². The Morgan fingerprint density at radius 3 is 2.19 bits per heavy atom. The predicted molar refractivity (Wildman–Crippen MR) is 98.4 cm³/mol. The first-order valence-electron chi connectivity index (χ1n) is 8.22. The lowest BCUT2D eigenvalue weighted by atomic mass is 9.91. The minimum Gasteiger partial charge on any atom is -0.472 e. The van der Waals surface area contributed by atoms with Gasteiger partial charge in [0.25, 0.3) is 6.47 Å². The molecule has 0 fully saturated rings. The molecule has 0 N–H and O–H groups in total. The van der Waals surface area contributed by atoms with Crippen LogP contribution in [0.1, 0.15) is 15.9 Å². The Hall–Kier alpha value is -3.86. The number of carbonyl (C=O) groups excluding carboxylic acids is 2. The largest absolute Gasteiger partial charge is 0.472 e. The van der Waals surface area contributed by atoms with E-state index in [0.717, 1.165) is 11.1 Å². The van der Waals surface area contributed by atoms with Gasteiger partial charge in [0.05, 0.1) is 30.6 Å². The molecule has 5 nitrogen and oxygen atoms in total. The van der Waals surface area contributed by atoms with Gasteiger partial charge in [0, 0.05) is 22.3 Å². The number of benzene rings is 2. The first-order valence-corrected chi connectivity index (χ1v) is 8.22. The minimum absolute atomic E-state index is 0.180. The highest BCUT2D eigenvalue weighted by molar-refractivity contribution is 6.13. The Bertz CT molecular complexity index is 1060. The van der Waals surface area contributed by atoms with Crippen LogP contribution in [0.2, 0.25) is 0 Å². The molecule has 2 heterocycles. The molecule has 132 valence electrons. The molecule has 0 amide bonds. The van der Waals surface area contributed by atoms with Gasteiger partial charge in [-0.15, -0.1) is 0 Å². The summed E-state index contributed by atoms with van der Waals surface area (Å²) in [6, 6.07) is 15.8. The molecule has 4 rings (SSSR count). The summed E-state index contributed by atoms with van der Waals surface area (Å²) in [6.45, 7) is 0.319. The van der Waals surface area contributed by atoms with E-state index in [-0.39, 0.29) is 17.1 Å². The van der Waals surface area contributed by atoms with Crippen molar-refractivity contribution in [1.29, 1.82) is 0 Å². The van der Waals surface area contributed by atoms with Gasteiger partial charge in [-0.25, -0.2) is 0 Å². The quantitative estimate of drug-likeness (QED) is 0.359. The van der Waals surface area contributed by atoms with Crippen molar-refractivity contribution in [3.8, 4) is 28.0 Å². The third kappa shape index (κ3) is 3.06. The van der Waals surface area contributed by atoms with Crippen molar-refractivity contribution < 1.29 is 23.2 Å². The monoisotopic (exact) mass is 358 g/mol. The summed E-state index contributed by atoms with van der Waals surface area (Å²) in [7, 11) is 0. The molecule has 0 unspecified atom stereocenters. The van der Waals surface area contributed by atoms with Crippen molar-refractivity contribution in [2.75, 3.05) is 0 Å². The van der Waals surface area contributed by atoms with Crippen LogP contribution in [0.3, 0.4) is 0 Å². The second-order valence-electron chi connectivity index (χ2n) is 5.80. The fourth-order valence-corrected chi connectivity index (χ4v) is 3.03. The second kappa shape index (κ2) is 7.17. The zero-order valence-corrected chi connectivity index (χ0v) is 14.1. The zero-order chi connectivity index (χ0) is 18.6. The van der Waals surface area contributed by atoms with Crippen molar-refractivity contribution in [2.24, 2.45) is 0 Å². The number of rotatable bonds is 6. The number of ketones is 1. The Balaban J connectivity index is 1.97. The number of hydrogen-bond donors (Lipinski definition) is 0. The standard InChI is InChI=1S/C22H14O5/c23-14-27-22-19(21(24)15-4-2-1-3-5-15)7-6-18(16-8-10-25-12-16)20(22)17-9-11-26-13-17/h1-14H. The van der Waals surface area contributed by atoms with Crippen LogP contribution in [-0.2, 0) is 4.79 Å². The van der Waals surface area contributed by atoms with Crippen molar-refractivity contribution >= 4 is 12.3 Å². The van der Waals surface area contributed by atoms with Gasteiger partial charge < -0.3 is 13.6 Å². The van der Waals surface area contributed by atoms with E-state index >= 15 is 0 Å². The molecule has 0 aliphatic heterocycles. The van der Waals surface area contributed by atoms with Crippen molar-refractivity contribution in [3.05, 3.63) is 90.8 Å². The fourth-order valence-electron chi connectivity index (χ4n) is 3.03. The van der Waals surface area contributed by atoms with Gasteiger partial charge in [0.1, 0.15) is 5.75 Å². The molecule has 5 heteroatoms. The van der Waals surface area contributed by atoms with Crippen molar-refractivity contribution in [2.45, 2.75) is 0 Å². The highest BCUT2D eigenvalue weighted by Gasteiger charge is 2.23. The van der Waals surface area contributed by atoms with E-state index in [4.69, 9.17) is 13.6 Å². The van der Waals surface area contributed by atoms with Gasteiger partial charge in [-0.3, -0.25) is 9.59 Å². The van der Waals surface area contributed by atoms with E-state index < -0.39 is 0 Å². The van der Waals surface area contributed by atoms with E-state index in [1.807, 2.05) is 6.07 Å². The van der Waals surface area contributed by atoms with Gasteiger partial charge in [-0.1, -0.05) is 36.4 Å². The molecule has 2 aromatic carbocycles. The third-order valence-electron chi connectivity index (χ3n) is 4.25. The molecule has 0 spiro atoms. The molecule has 27 heavy (non-hydrogen) atoms. The van der Waals surface area contributed by atoms with Gasteiger partial charge in [-0.05, 0) is 23.8 Å². The van der Waals surface area contributed by atoms with Crippen LogP contribution in [0.15, 0.2) is 88.5 Å². The molecule has 0 saturated carbocycles. The molecular formula is C22H14O5. The topological polar surface area (TPSA) is 69.7 Å². The van der Waals surface area contributed by atoms with Crippen LogP contribution in [0.5, 0.6) is 5.75 Å². The van der Waals surface area contributed by atoms with Crippen molar-refractivity contribution in [3.63, 3.8) is 0 Å². The van der Waals surface area contributed by atoms with Crippen LogP contribution in [0.25, 0.3) is 22.3 Å². The maximum Gasteiger partial charge on any atom is 0.298 e. The van der Waals surface area contributed by atoms with Crippen LogP contribution in [-0.4, -0.2) is 12.3 Å². The summed E-state index contributed by atoms with van der Waals surface area (Å²) in [4.78, 5) is 24.3. The Kier molecular flexibility index (Phi) is 4.41. The average molecular weight is 358 g/mol. The van der Waals surface area contributed by atoms with Gasteiger partial charge in [0.2, 0.25) is 0 Å². The number of hydrogen-bond acceptors (Lipinski definition) is 5. The van der Waals surface area contributed by atoms with E-state index in [1.54, 1.807) is 61.1 Å². The Labute approximate surface area is 154 Å². The summed E-state index contributed by atoms with van der Waals surface area (Å²) in [6.07, 6.45) is 6.19. The minimum atomic E-state index is -0.240. The van der Waals surface area contributed by atoms with Crippen molar-refractivity contribution in [1.82, 2.24) is 0 Å². The fraction of sp³-hybridized carbons (Fsp3) is 0. The van der Waals surface area contributed by atoms with E-state index in [1.165, 1.54) is 12.5 Å². The van der Waals surface area contributed by atoms with Gasteiger partial charge in [0.15, 0.2) is 5.78 Å². The molecule has 0 atom stereocenters. The molecule has 0 aliphatic carbocycles. The maximum atomic E-state index is 13.0. The Morgan fingerprint density at radius 2 is 1.56 bits per heavy atom. The van der Waals surface area contributed by atoms with Crippen LogP contribution >= 0.6 is 0 Å². The SMILES string of the molecule is O=COc1c(C(=O)c2ccccc2)ccc(-c2ccoc2)c1-c1ccoc1. The molecular weight excluding hydrogens is 344 g/mol. The molecule has 0 aliphatic rings. The maximum absolute atomic E-state index is 13.0. The van der Waals surface area contributed by atoms with Crippen LogP contribution in [0, 0.1) is 0 Å². The predicted octanol–water partition coefficient (Wildman–Crippen LogP) is 4.97. The lowest BCUT2D eigenvalue weighted by Gasteiger charge is -2.15. The van der Waals surface area contributed by atoms with E-state index in [0.29, 0.717) is 23.2 Å². The molecule has 0 bridgehead atoms. The number of carbonyl (C=O) groups is 2. The summed E-state index contributed by atoms with van der Waals surface area (Å²) in [5, 5.41) is 0. The highest BCUT2D eigenvalue weighted by atomic mass is 16.5. The molecule has 4 aromatic rings. The van der Waals surface area contributed by atoms with Crippen LogP contribution in [0.4, 0.5) is 0 Å². The van der Waals surface area contributed by atoms with Crippen LogP contribution < -0.4 is 4.74 Å². The highest BCUT2D eigenvalue weighted by Crippen LogP contribution is 2.42. The summed E-state index contributed by atoms with van der Waals surface area (Å²) in [5.41, 5.74) is 3.61. The summed E-state index contributed by atoms with van der Waals surface area (Å²) < 4.78 is 15.7. The molecule has 0 saturated heterocycles.